The Morgan fingerprint density at radius 1 is 1.06 bits per heavy atom. The first-order valence-corrected chi connectivity index (χ1v) is 7.10. The third-order valence-electron chi connectivity index (χ3n) is 2.48. The van der Waals surface area contributed by atoms with Crippen LogP contribution in [0.15, 0.2) is 24.3 Å². The molecule has 0 radical (unpaired) electrons. The smallest absolute Gasteiger partial charge is 0.307 e. The van der Waals surface area contributed by atoms with E-state index < -0.39 is 5.97 Å². The van der Waals surface area contributed by atoms with Crippen LogP contribution in [-0.2, 0) is 17.6 Å². The van der Waals surface area contributed by atoms with Crippen LogP contribution in [-0.4, -0.2) is 15.5 Å². The second-order valence-corrected chi connectivity index (χ2v) is 4.97. The molecular weight excluding hydrogens is 315 g/mol. The van der Waals surface area contributed by atoms with Crippen molar-refractivity contribution in [3.63, 3.8) is 0 Å². The Balaban J connectivity index is 2.36. The highest BCUT2D eigenvalue weighted by atomic mass is 127. The Morgan fingerprint density at radius 3 is 2.25 bits per heavy atom. The number of benzene rings is 1. The summed E-state index contributed by atoms with van der Waals surface area (Å²) >= 11 is 2.40. The molecule has 0 aliphatic carbocycles. The van der Waals surface area contributed by atoms with Gasteiger partial charge < -0.3 is 5.11 Å². The van der Waals surface area contributed by atoms with E-state index >= 15 is 0 Å². The molecule has 0 bridgehead atoms. The summed E-state index contributed by atoms with van der Waals surface area (Å²) in [4.78, 5) is 10.5. The average Bonchev–Trinajstić information content (AvgIpc) is 2.26. The maximum atomic E-state index is 10.5. The van der Waals surface area contributed by atoms with Gasteiger partial charge in [0.25, 0.3) is 0 Å². The van der Waals surface area contributed by atoms with E-state index in [4.69, 9.17) is 5.11 Å². The minimum Gasteiger partial charge on any atom is -0.481 e. The summed E-state index contributed by atoms with van der Waals surface area (Å²) in [5.41, 5.74) is 2.19. The molecule has 0 aliphatic rings. The van der Waals surface area contributed by atoms with Crippen LogP contribution in [0.25, 0.3) is 0 Å². The third kappa shape index (κ3) is 5.49. The minimum atomic E-state index is -0.769. The van der Waals surface area contributed by atoms with E-state index in [9.17, 15) is 4.79 Å². The van der Waals surface area contributed by atoms with Crippen LogP contribution < -0.4 is 0 Å². The average molecular weight is 332 g/mol. The van der Waals surface area contributed by atoms with Crippen molar-refractivity contribution >= 4 is 28.6 Å². The molecule has 0 aromatic heterocycles. The number of carboxylic acids is 1. The lowest BCUT2D eigenvalue weighted by Crippen LogP contribution is -1.99. The lowest BCUT2D eigenvalue weighted by molar-refractivity contribution is -0.136. The molecule has 1 aromatic rings. The maximum absolute atomic E-state index is 10.5. The fourth-order valence-corrected chi connectivity index (χ4v) is 2.14. The van der Waals surface area contributed by atoms with Crippen LogP contribution in [0.4, 0.5) is 0 Å². The standard InChI is InChI=1S/C13H17IO2/c14-9-3-1-2-4-11-5-7-12(8-6-11)10-13(15)16/h5-8H,1-4,9-10H2,(H,15,16). The molecule has 2 nitrogen and oxygen atoms in total. The van der Waals surface area contributed by atoms with Gasteiger partial charge in [-0.3, -0.25) is 4.79 Å². The first-order chi connectivity index (χ1) is 7.72. The summed E-state index contributed by atoms with van der Waals surface area (Å²) < 4.78 is 1.23. The monoisotopic (exact) mass is 332 g/mol. The van der Waals surface area contributed by atoms with Gasteiger partial charge in [0.1, 0.15) is 0 Å². The van der Waals surface area contributed by atoms with Crippen molar-refractivity contribution in [2.75, 3.05) is 4.43 Å². The van der Waals surface area contributed by atoms with E-state index in [1.54, 1.807) is 0 Å². The summed E-state index contributed by atoms with van der Waals surface area (Å²) in [5, 5.41) is 8.64. The second kappa shape index (κ2) is 7.65. The topological polar surface area (TPSA) is 37.3 Å². The van der Waals surface area contributed by atoms with Gasteiger partial charge in [0, 0.05) is 0 Å². The molecule has 0 heterocycles. The summed E-state index contributed by atoms with van der Waals surface area (Å²) in [6.45, 7) is 0. The van der Waals surface area contributed by atoms with Crippen molar-refractivity contribution in [3.05, 3.63) is 35.4 Å². The van der Waals surface area contributed by atoms with Crippen LogP contribution in [0.2, 0.25) is 0 Å². The van der Waals surface area contributed by atoms with Crippen LogP contribution in [0.3, 0.4) is 0 Å². The van der Waals surface area contributed by atoms with E-state index in [1.807, 2.05) is 24.3 Å². The molecule has 0 unspecified atom stereocenters. The van der Waals surface area contributed by atoms with Gasteiger partial charge in [-0.05, 0) is 34.8 Å². The number of rotatable bonds is 7. The highest BCUT2D eigenvalue weighted by Gasteiger charge is 2.00. The molecule has 0 atom stereocenters. The van der Waals surface area contributed by atoms with E-state index in [1.165, 1.54) is 29.3 Å². The molecule has 1 N–H and O–H groups in total. The van der Waals surface area contributed by atoms with Gasteiger partial charge in [-0.15, -0.1) is 0 Å². The van der Waals surface area contributed by atoms with Gasteiger partial charge in [-0.1, -0.05) is 53.3 Å². The number of carbonyl (C=O) groups is 1. The zero-order valence-corrected chi connectivity index (χ0v) is 11.4. The number of hydrogen-bond donors (Lipinski definition) is 1. The molecule has 0 aliphatic heterocycles. The molecule has 0 spiro atoms. The first-order valence-electron chi connectivity index (χ1n) is 5.58. The molecule has 0 saturated heterocycles. The number of carboxylic acid groups (broad SMARTS) is 1. The Morgan fingerprint density at radius 2 is 1.69 bits per heavy atom. The van der Waals surface area contributed by atoms with Crippen LogP contribution in [0, 0.1) is 0 Å². The summed E-state index contributed by atoms with van der Waals surface area (Å²) in [7, 11) is 0. The Labute approximate surface area is 110 Å². The highest BCUT2D eigenvalue weighted by molar-refractivity contribution is 14.1. The Kier molecular flexibility index (Phi) is 6.45. The zero-order chi connectivity index (χ0) is 11.8. The lowest BCUT2D eigenvalue weighted by Gasteiger charge is -2.02. The molecule has 0 saturated carbocycles. The molecule has 16 heavy (non-hydrogen) atoms. The van der Waals surface area contributed by atoms with Gasteiger partial charge in [-0.2, -0.15) is 0 Å². The lowest BCUT2D eigenvalue weighted by atomic mass is 10.0. The number of aryl methyl sites for hydroxylation is 1. The number of hydrogen-bond acceptors (Lipinski definition) is 1. The SMILES string of the molecule is O=C(O)Cc1ccc(CCCCCI)cc1. The van der Waals surface area contributed by atoms with Crippen molar-refractivity contribution in [3.8, 4) is 0 Å². The molecule has 1 aromatic carbocycles. The fourth-order valence-electron chi connectivity index (χ4n) is 1.60. The van der Waals surface area contributed by atoms with E-state index in [0.717, 1.165) is 12.0 Å². The van der Waals surface area contributed by atoms with Gasteiger partial charge in [0.15, 0.2) is 0 Å². The Hall–Kier alpha value is -0.580. The van der Waals surface area contributed by atoms with E-state index in [-0.39, 0.29) is 6.42 Å². The first kappa shape index (κ1) is 13.5. The van der Waals surface area contributed by atoms with Crippen LogP contribution in [0.5, 0.6) is 0 Å². The quantitative estimate of drug-likeness (QED) is 0.472. The number of halogens is 1. The second-order valence-electron chi connectivity index (χ2n) is 3.89. The summed E-state index contributed by atoms with van der Waals surface area (Å²) in [5.74, 6) is -0.769. The van der Waals surface area contributed by atoms with Gasteiger partial charge in [0.05, 0.1) is 6.42 Å². The van der Waals surface area contributed by atoms with E-state index in [2.05, 4.69) is 22.6 Å². The maximum Gasteiger partial charge on any atom is 0.307 e. The van der Waals surface area contributed by atoms with Crippen molar-refractivity contribution in [1.29, 1.82) is 0 Å². The predicted molar refractivity (Wildman–Crippen MR) is 74.2 cm³/mol. The van der Waals surface area contributed by atoms with Crippen molar-refractivity contribution in [2.45, 2.75) is 32.1 Å². The molecule has 0 amide bonds. The minimum absolute atomic E-state index is 0.120. The fraction of sp³-hybridized carbons (Fsp3) is 0.462. The highest BCUT2D eigenvalue weighted by Crippen LogP contribution is 2.10. The molecular formula is C13H17IO2. The van der Waals surface area contributed by atoms with Crippen molar-refractivity contribution < 1.29 is 9.90 Å². The largest absolute Gasteiger partial charge is 0.481 e. The number of aliphatic carboxylic acids is 1. The number of unbranched alkanes of at least 4 members (excludes halogenated alkanes) is 2. The molecule has 88 valence electrons. The van der Waals surface area contributed by atoms with Crippen LogP contribution >= 0.6 is 22.6 Å². The predicted octanol–water partition coefficient (Wildman–Crippen LogP) is 3.46. The normalized spacial score (nSPS) is 10.3. The summed E-state index contributed by atoms with van der Waals surface area (Å²) in [6, 6.07) is 7.92. The number of alkyl halides is 1. The third-order valence-corrected chi connectivity index (χ3v) is 3.24. The zero-order valence-electron chi connectivity index (χ0n) is 9.29. The van der Waals surface area contributed by atoms with Crippen molar-refractivity contribution in [1.82, 2.24) is 0 Å². The molecule has 0 fully saturated rings. The summed E-state index contributed by atoms with van der Waals surface area (Å²) in [6.07, 6.45) is 5.01. The molecule has 1 rings (SSSR count). The van der Waals surface area contributed by atoms with Gasteiger partial charge in [0.2, 0.25) is 0 Å². The van der Waals surface area contributed by atoms with Gasteiger partial charge >= 0.3 is 5.97 Å². The van der Waals surface area contributed by atoms with Gasteiger partial charge in [-0.25, -0.2) is 0 Å². The van der Waals surface area contributed by atoms with E-state index in [0.29, 0.717) is 0 Å². The molecule has 3 heteroatoms. The van der Waals surface area contributed by atoms with Crippen molar-refractivity contribution in [2.24, 2.45) is 0 Å². The van der Waals surface area contributed by atoms with Crippen LogP contribution in [0.1, 0.15) is 30.4 Å². The Bertz CT molecular complexity index is 319.